The maximum absolute atomic E-state index is 7.22. The van der Waals surface area contributed by atoms with Gasteiger partial charge in [-0.15, -0.1) is 46.4 Å². The van der Waals surface area contributed by atoms with Crippen LogP contribution in [-0.2, 0) is 0 Å². The summed E-state index contributed by atoms with van der Waals surface area (Å²) in [4.78, 5) is -6.85. The molecule has 6 atom stereocenters. The van der Waals surface area contributed by atoms with Crippen LogP contribution in [0.2, 0.25) is 0 Å². The number of allylic oxidation sites excluding steroid dienone is 6. The highest BCUT2D eigenvalue weighted by atomic mass is 35.5. The van der Waals surface area contributed by atoms with Crippen molar-refractivity contribution in [3.63, 3.8) is 0 Å². The average molecular weight is 687 g/mol. The van der Waals surface area contributed by atoms with Crippen LogP contribution in [0.4, 0.5) is 5.69 Å². The quantitative estimate of drug-likeness (QED) is 0.214. The Hall–Kier alpha value is 1.72. The molecule has 33 heavy (non-hydrogen) atoms. The van der Waals surface area contributed by atoms with Gasteiger partial charge in [0.15, 0.2) is 8.67 Å². The van der Waals surface area contributed by atoms with Gasteiger partial charge in [-0.3, -0.25) is 0 Å². The van der Waals surface area contributed by atoms with E-state index in [4.69, 9.17) is 145 Å². The molecule has 0 saturated heterocycles. The number of nitrogens with two attached hydrogens (primary N) is 1. The Kier molecular flexibility index (Phi) is 5.04. The van der Waals surface area contributed by atoms with Crippen LogP contribution in [-0.4, -0.2) is 28.2 Å². The van der Waals surface area contributed by atoms with Crippen molar-refractivity contribution in [1.29, 1.82) is 0 Å². The van der Waals surface area contributed by atoms with E-state index in [-0.39, 0.29) is 20.1 Å². The minimum absolute atomic E-state index is 0.000792. The van der Waals surface area contributed by atoms with Gasteiger partial charge < -0.3 is 5.73 Å². The molecule has 0 unspecified atom stereocenters. The van der Waals surface area contributed by atoms with Gasteiger partial charge in [0, 0.05) is 17.5 Å². The lowest BCUT2D eigenvalue weighted by Gasteiger charge is -2.46. The lowest BCUT2D eigenvalue weighted by atomic mass is 9.64. The van der Waals surface area contributed by atoms with E-state index in [1.807, 2.05) is 0 Å². The summed E-state index contributed by atoms with van der Waals surface area (Å²) < 4.78 is -3.79. The summed E-state index contributed by atoms with van der Waals surface area (Å²) in [6.07, 6.45) is 0. The Labute approximate surface area is 248 Å². The van der Waals surface area contributed by atoms with Crippen LogP contribution in [0.5, 0.6) is 0 Å². The highest BCUT2D eigenvalue weighted by molar-refractivity contribution is 6.70. The summed E-state index contributed by atoms with van der Waals surface area (Å²) in [7, 11) is 0. The van der Waals surface area contributed by atoms with Crippen LogP contribution < -0.4 is 5.73 Å². The molecule has 0 spiro atoms. The Morgan fingerprint density at radius 2 is 1.15 bits per heavy atom. The fraction of sp³-hybridized carbons (Fsp3) is 0.400. The molecular weight excluding hydrogens is 680 g/mol. The number of rotatable bonds is 0. The maximum Gasteiger partial charge on any atom is 0.174 e. The van der Waals surface area contributed by atoms with Gasteiger partial charge in [0.2, 0.25) is 0 Å². The van der Waals surface area contributed by atoms with Crippen molar-refractivity contribution < 1.29 is 0 Å². The molecule has 2 N–H and O–H groups in total. The van der Waals surface area contributed by atoms with Gasteiger partial charge in [0.25, 0.3) is 0 Å². The van der Waals surface area contributed by atoms with Crippen LogP contribution in [0.25, 0.3) is 5.57 Å². The zero-order valence-electron chi connectivity index (χ0n) is 15.5. The molecule has 1 aromatic rings. The van der Waals surface area contributed by atoms with E-state index in [2.05, 4.69) is 0 Å². The Morgan fingerprint density at radius 1 is 0.636 bits per heavy atom. The summed E-state index contributed by atoms with van der Waals surface area (Å²) in [5.41, 5.74) is 8.65. The molecule has 0 aromatic heterocycles. The normalized spacial score (nSPS) is 45.7. The smallest absolute Gasteiger partial charge is 0.174 e. The first-order chi connectivity index (χ1) is 15.0. The molecule has 1 saturated carbocycles. The van der Waals surface area contributed by atoms with Gasteiger partial charge in [-0.25, -0.2) is 0 Å². The van der Waals surface area contributed by atoms with Gasteiger partial charge >= 0.3 is 0 Å². The van der Waals surface area contributed by atoms with Crippen LogP contribution in [0, 0.1) is 5.92 Å². The third kappa shape index (κ3) is 2.11. The van der Waals surface area contributed by atoms with E-state index in [0.717, 1.165) is 0 Å². The second-order valence-corrected chi connectivity index (χ2v) is 15.2. The lowest BCUT2D eigenvalue weighted by molar-refractivity contribution is 0.444. The molecule has 0 amide bonds. The molecule has 6 rings (SSSR count). The number of nitrogen functional groups attached to an aromatic ring is 1. The largest absolute Gasteiger partial charge is 0.399 e. The molecule has 13 heteroatoms. The first-order valence-corrected chi connectivity index (χ1v) is 13.8. The maximum atomic E-state index is 7.22. The first kappa shape index (κ1) is 25.0. The van der Waals surface area contributed by atoms with Gasteiger partial charge in [-0.05, 0) is 34.4 Å². The predicted molar refractivity (Wildman–Crippen MR) is 145 cm³/mol. The summed E-state index contributed by atoms with van der Waals surface area (Å²) in [6.45, 7) is 0. The molecule has 4 bridgehead atoms. The van der Waals surface area contributed by atoms with E-state index in [9.17, 15) is 0 Å². The Bertz CT molecular complexity index is 1310. The third-order valence-corrected chi connectivity index (χ3v) is 15.9. The molecule has 1 nitrogen and oxygen atoms in total. The first-order valence-electron chi connectivity index (χ1n) is 9.28. The molecule has 176 valence electrons. The summed E-state index contributed by atoms with van der Waals surface area (Å²) >= 11 is 83.0. The monoisotopic (exact) mass is 681 g/mol. The summed E-state index contributed by atoms with van der Waals surface area (Å²) in [5, 5.41) is -0.0193. The van der Waals surface area contributed by atoms with Crippen molar-refractivity contribution in [2.75, 3.05) is 5.73 Å². The topological polar surface area (TPSA) is 26.0 Å². The second kappa shape index (κ2) is 6.64. The fourth-order valence-corrected chi connectivity index (χ4v) is 12.0. The molecule has 0 aliphatic heterocycles. The molecular formula is C20H7Cl12N. The Balaban J connectivity index is 1.83. The molecule has 5 aliphatic carbocycles. The number of hydrogen-bond donors (Lipinski definition) is 1. The molecule has 0 radical (unpaired) electrons. The highest BCUT2D eigenvalue weighted by Gasteiger charge is 2.88. The van der Waals surface area contributed by atoms with Crippen LogP contribution in [0.1, 0.15) is 17.0 Å². The van der Waals surface area contributed by atoms with E-state index >= 15 is 0 Å². The van der Waals surface area contributed by atoms with Gasteiger partial charge in [0.1, 0.15) is 19.5 Å². The van der Waals surface area contributed by atoms with Crippen molar-refractivity contribution in [2.45, 2.75) is 34.1 Å². The number of hydrogen-bond acceptors (Lipinski definition) is 1. The van der Waals surface area contributed by atoms with Crippen molar-refractivity contribution >= 4 is 150 Å². The second-order valence-electron chi connectivity index (χ2n) is 8.74. The van der Waals surface area contributed by atoms with Gasteiger partial charge in [-0.1, -0.05) is 98.9 Å². The third-order valence-electron chi connectivity index (χ3n) is 7.57. The van der Waals surface area contributed by atoms with Gasteiger partial charge in [0.05, 0.1) is 20.1 Å². The minimum Gasteiger partial charge on any atom is -0.399 e. The highest BCUT2D eigenvalue weighted by Crippen LogP contribution is 2.86. The Morgan fingerprint density at radius 3 is 1.73 bits per heavy atom. The fourth-order valence-electron chi connectivity index (χ4n) is 6.24. The molecule has 1 fully saturated rings. The summed E-state index contributed by atoms with van der Waals surface area (Å²) in [5.74, 6) is -1.60. The van der Waals surface area contributed by atoms with Crippen molar-refractivity contribution in [2.24, 2.45) is 5.92 Å². The van der Waals surface area contributed by atoms with E-state index in [0.29, 0.717) is 28.0 Å². The van der Waals surface area contributed by atoms with E-state index < -0.39 is 40.0 Å². The van der Waals surface area contributed by atoms with Crippen LogP contribution in [0.15, 0.2) is 43.9 Å². The molecule has 0 heterocycles. The zero-order valence-corrected chi connectivity index (χ0v) is 24.6. The zero-order chi connectivity index (χ0) is 24.5. The number of halogens is 12. The standard InChI is InChI=1S/C20H7Cl12N/c21-11-13(23)17(27)9-7(15(11,25)19(17,29)30)5-2-1-4(33)3-6(5)8-10(9)18(28)14(24)12(22)16(8,26)20(18,31)32/h1-3,8,10H,33H2/t8-,10+,15+,16+,17+,18+/m0/s1. The molecule has 1 aromatic carbocycles. The van der Waals surface area contributed by atoms with Crippen LogP contribution in [0.3, 0.4) is 0 Å². The average Bonchev–Trinajstić information content (AvgIpc) is 3.08. The van der Waals surface area contributed by atoms with E-state index in [1.165, 1.54) is 0 Å². The number of anilines is 1. The lowest BCUT2D eigenvalue weighted by Crippen LogP contribution is -2.49. The predicted octanol–water partition coefficient (Wildman–Crippen LogP) is 9.43. The van der Waals surface area contributed by atoms with Crippen molar-refractivity contribution in [1.82, 2.24) is 0 Å². The summed E-state index contributed by atoms with van der Waals surface area (Å²) in [6, 6.07) is 5.16. The van der Waals surface area contributed by atoms with Crippen molar-refractivity contribution in [3.05, 3.63) is 55.0 Å². The number of fused-ring (bicyclic) bond motifs is 13. The van der Waals surface area contributed by atoms with Gasteiger partial charge in [-0.2, -0.15) is 0 Å². The molecule has 5 aliphatic rings. The SMILES string of the molecule is Nc1ccc2c(c1)[C@H]1[C@H](C3=C2[C@@]2(Cl)C(Cl)=C(Cl)[C@@]3(Cl)C2(Cl)Cl)[C@@]2(Cl)C(Cl)=C(Cl)[C@@]1(Cl)C2(Cl)Cl. The van der Waals surface area contributed by atoms with Crippen molar-refractivity contribution in [3.8, 4) is 0 Å². The number of benzene rings is 1. The van der Waals surface area contributed by atoms with E-state index in [1.54, 1.807) is 18.2 Å². The van der Waals surface area contributed by atoms with Crippen LogP contribution >= 0.6 is 139 Å². The minimum atomic E-state index is -1.91. The number of alkyl halides is 8.